The Labute approximate surface area is 384 Å². The lowest BCUT2D eigenvalue weighted by Crippen LogP contribution is -1.90. The van der Waals surface area contributed by atoms with E-state index in [1.165, 1.54) is 131 Å². The predicted octanol–water partition coefficient (Wildman–Crippen LogP) is 18.6. The van der Waals surface area contributed by atoms with Crippen LogP contribution in [0.25, 0.3) is 131 Å². The van der Waals surface area contributed by atoms with Crippen LogP contribution >= 0.6 is 0 Å². The number of benzene rings is 13. The molecule has 0 saturated carbocycles. The van der Waals surface area contributed by atoms with E-state index in [0.29, 0.717) is 0 Å². The highest BCUT2D eigenvalue weighted by Crippen LogP contribution is 2.43. The maximum atomic E-state index is 2.41. The Balaban J connectivity index is 0.973. The average Bonchev–Trinajstić information content (AvgIpc) is 3.39. The van der Waals surface area contributed by atoms with Crippen molar-refractivity contribution in [2.24, 2.45) is 0 Å². The Morgan fingerprint density at radius 3 is 0.788 bits per heavy atom. The molecule has 0 aromatic heterocycles. The summed E-state index contributed by atoms with van der Waals surface area (Å²) in [6, 6.07) is 94.5. The molecule has 0 radical (unpaired) electrons. The molecule has 0 fully saturated rings. The highest BCUT2D eigenvalue weighted by molar-refractivity contribution is 6.10. The Bertz CT molecular complexity index is 3800. The van der Waals surface area contributed by atoms with Gasteiger partial charge in [0.15, 0.2) is 0 Å². The van der Waals surface area contributed by atoms with Gasteiger partial charge < -0.3 is 0 Å². The normalized spacial score (nSPS) is 11.6. The van der Waals surface area contributed by atoms with Gasteiger partial charge in [-0.1, -0.05) is 212 Å². The van der Waals surface area contributed by atoms with Gasteiger partial charge in [-0.25, -0.2) is 0 Å². The quantitative estimate of drug-likeness (QED) is 0.157. The van der Waals surface area contributed by atoms with Crippen LogP contribution in [0.1, 0.15) is 0 Å². The van der Waals surface area contributed by atoms with E-state index in [4.69, 9.17) is 0 Å². The zero-order chi connectivity index (χ0) is 43.6. The third-order valence-electron chi connectivity index (χ3n) is 13.8. The molecule has 13 rings (SSSR count). The molecular weight excluding hydrogens is 793 g/mol. The van der Waals surface area contributed by atoms with Gasteiger partial charge in [0.2, 0.25) is 0 Å². The van der Waals surface area contributed by atoms with Crippen LogP contribution in [-0.2, 0) is 0 Å². The van der Waals surface area contributed by atoms with Gasteiger partial charge in [-0.15, -0.1) is 0 Å². The zero-order valence-electron chi connectivity index (χ0n) is 36.2. The smallest absolute Gasteiger partial charge is 0.00930 e. The van der Waals surface area contributed by atoms with Crippen molar-refractivity contribution in [2.45, 2.75) is 0 Å². The van der Waals surface area contributed by atoms with Crippen molar-refractivity contribution in [1.82, 2.24) is 0 Å². The van der Waals surface area contributed by atoms with Crippen molar-refractivity contribution >= 4 is 64.6 Å². The molecular formula is C66H42. The van der Waals surface area contributed by atoms with Crippen LogP contribution in [0.15, 0.2) is 255 Å². The second-order valence-electron chi connectivity index (χ2n) is 17.7. The molecule has 0 aliphatic carbocycles. The van der Waals surface area contributed by atoms with Crippen LogP contribution in [0.2, 0.25) is 0 Å². The van der Waals surface area contributed by atoms with Gasteiger partial charge in [0.1, 0.15) is 0 Å². The molecule has 0 amide bonds. The molecule has 0 unspecified atom stereocenters. The van der Waals surface area contributed by atoms with Crippen molar-refractivity contribution in [3.8, 4) is 66.8 Å². The van der Waals surface area contributed by atoms with Gasteiger partial charge in [0, 0.05) is 0 Å². The lowest BCUT2D eigenvalue weighted by atomic mass is 9.87. The summed E-state index contributed by atoms with van der Waals surface area (Å²) in [4.78, 5) is 0. The fourth-order valence-electron chi connectivity index (χ4n) is 10.4. The summed E-state index contributed by atoms with van der Waals surface area (Å²) in [5, 5.41) is 14.9. The molecule has 0 nitrogen and oxygen atoms in total. The highest BCUT2D eigenvalue weighted by Gasteiger charge is 2.16. The van der Waals surface area contributed by atoms with E-state index in [9.17, 15) is 0 Å². The average molecular weight is 835 g/mol. The van der Waals surface area contributed by atoms with Crippen LogP contribution in [0, 0.1) is 0 Å². The van der Waals surface area contributed by atoms with Crippen LogP contribution in [0.3, 0.4) is 0 Å². The van der Waals surface area contributed by atoms with Crippen molar-refractivity contribution < 1.29 is 0 Å². The SMILES string of the molecule is c1cc(-c2ccc(-c3ccc4ccccc4c3)c3cc(-c4ccc5ccccc5c4)ccc23)cc(-c2ccc(-c3ccc4ccccc4c3)c3cc(-c4ccc5ccccc5c4)ccc23)c1. The molecule has 0 heteroatoms. The third-order valence-corrected chi connectivity index (χ3v) is 13.8. The lowest BCUT2D eigenvalue weighted by Gasteiger charge is -2.17. The summed E-state index contributed by atoms with van der Waals surface area (Å²) in [5.74, 6) is 0. The molecule has 0 spiro atoms. The number of fused-ring (bicyclic) bond motifs is 6. The van der Waals surface area contributed by atoms with Crippen molar-refractivity contribution in [1.29, 1.82) is 0 Å². The number of hydrogen-bond acceptors (Lipinski definition) is 0. The third kappa shape index (κ3) is 6.62. The summed E-state index contributed by atoms with van der Waals surface area (Å²) < 4.78 is 0. The van der Waals surface area contributed by atoms with Gasteiger partial charge in [-0.2, -0.15) is 0 Å². The first kappa shape index (κ1) is 37.9. The van der Waals surface area contributed by atoms with Gasteiger partial charge in [0.05, 0.1) is 0 Å². The Kier molecular flexibility index (Phi) is 8.96. The largest absolute Gasteiger partial charge is 0.0616 e. The van der Waals surface area contributed by atoms with Crippen LogP contribution in [0.5, 0.6) is 0 Å². The predicted molar refractivity (Wildman–Crippen MR) is 284 cm³/mol. The van der Waals surface area contributed by atoms with E-state index in [-0.39, 0.29) is 0 Å². The fourth-order valence-corrected chi connectivity index (χ4v) is 10.4. The minimum Gasteiger partial charge on any atom is -0.0616 e. The molecule has 0 N–H and O–H groups in total. The second kappa shape index (κ2) is 15.6. The lowest BCUT2D eigenvalue weighted by molar-refractivity contribution is 1.60. The minimum atomic E-state index is 1.19. The summed E-state index contributed by atoms with van der Waals surface area (Å²) in [5.41, 5.74) is 14.6. The van der Waals surface area contributed by atoms with E-state index in [1.807, 2.05) is 0 Å². The molecule has 13 aromatic carbocycles. The van der Waals surface area contributed by atoms with Gasteiger partial charge in [0.25, 0.3) is 0 Å². The molecule has 0 bridgehead atoms. The van der Waals surface area contributed by atoms with Crippen molar-refractivity contribution in [2.75, 3.05) is 0 Å². The van der Waals surface area contributed by atoms with Crippen molar-refractivity contribution in [3.05, 3.63) is 255 Å². The molecule has 0 aliphatic heterocycles. The summed E-state index contributed by atoms with van der Waals surface area (Å²) >= 11 is 0. The van der Waals surface area contributed by atoms with Crippen LogP contribution in [-0.4, -0.2) is 0 Å². The van der Waals surface area contributed by atoms with E-state index in [0.717, 1.165) is 0 Å². The second-order valence-corrected chi connectivity index (χ2v) is 17.7. The Morgan fingerprint density at radius 1 is 0.136 bits per heavy atom. The zero-order valence-corrected chi connectivity index (χ0v) is 36.2. The summed E-state index contributed by atoms with van der Waals surface area (Å²) in [6.45, 7) is 0. The van der Waals surface area contributed by atoms with Gasteiger partial charge in [-0.3, -0.25) is 0 Å². The van der Waals surface area contributed by atoms with E-state index < -0.39 is 0 Å². The molecule has 13 aromatic rings. The van der Waals surface area contributed by atoms with E-state index in [1.54, 1.807) is 0 Å². The summed E-state index contributed by atoms with van der Waals surface area (Å²) in [6.07, 6.45) is 0. The maximum absolute atomic E-state index is 2.41. The molecule has 66 heavy (non-hydrogen) atoms. The Morgan fingerprint density at radius 2 is 0.409 bits per heavy atom. The molecule has 0 saturated heterocycles. The van der Waals surface area contributed by atoms with Crippen LogP contribution < -0.4 is 0 Å². The van der Waals surface area contributed by atoms with Crippen molar-refractivity contribution in [3.63, 3.8) is 0 Å². The number of rotatable bonds is 6. The first-order valence-electron chi connectivity index (χ1n) is 22.9. The topological polar surface area (TPSA) is 0 Å². The monoisotopic (exact) mass is 834 g/mol. The molecule has 0 atom stereocenters. The molecule has 0 aliphatic rings. The first-order chi connectivity index (χ1) is 32.7. The number of hydrogen-bond donors (Lipinski definition) is 0. The maximum Gasteiger partial charge on any atom is -0.00930 e. The summed E-state index contributed by atoms with van der Waals surface area (Å²) in [7, 11) is 0. The Hall–Kier alpha value is -8.58. The fraction of sp³-hybridized carbons (Fsp3) is 0. The molecule has 0 heterocycles. The van der Waals surface area contributed by atoms with Gasteiger partial charge >= 0.3 is 0 Å². The minimum absolute atomic E-state index is 1.19. The van der Waals surface area contributed by atoms with Gasteiger partial charge in [-0.05, 0) is 174 Å². The van der Waals surface area contributed by atoms with E-state index in [2.05, 4.69) is 255 Å². The van der Waals surface area contributed by atoms with E-state index >= 15 is 0 Å². The molecule has 306 valence electrons. The standard InChI is InChI=1S/C66H42/c1-5-14-47-36-51(24-20-43(47)10-1)53-28-30-63-59(32-34-61(65(63)41-53)57-26-22-45-12-3-7-16-49(45)38-57)55-18-9-19-56(40-55)60-33-35-62(58-27-23-46-13-4-8-17-50(46)39-58)66-42-54(29-31-64(60)66)52-25-21-44-11-2-6-15-48(44)37-52/h1-42H. The highest BCUT2D eigenvalue weighted by atomic mass is 14.2. The first-order valence-corrected chi connectivity index (χ1v) is 22.9. The van der Waals surface area contributed by atoms with Crippen LogP contribution in [0.4, 0.5) is 0 Å².